The number of nitrogen functional groups attached to an aromatic ring is 2. The van der Waals surface area contributed by atoms with Gasteiger partial charge < -0.3 is 31.6 Å². The monoisotopic (exact) mass is 508 g/mol. The number of nitrogens with zero attached hydrogens (tertiary/aromatic N) is 6. The molecule has 1 aromatic carbocycles. The number of hydrogen-bond donors (Lipinski definition) is 4. The number of carbonyl (C=O) groups is 2. The van der Waals surface area contributed by atoms with Gasteiger partial charge in [-0.05, 0) is 18.4 Å². The van der Waals surface area contributed by atoms with E-state index in [-0.39, 0.29) is 33.9 Å². The molecule has 2 fully saturated rings. The normalized spacial score (nSPS) is 17.7. The molecule has 186 valence electrons. The molecule has 36 heavy (non-hydrogen) atoms. The molecular weight excluding hydrogens is 484 g/mol. The third-order valence-corrected chi connectivity index (χ3v) is 6.64. The molecular formula is C23H25ClN10O2. The number of halogens is 1. The number of carbonyl (C=O) groups excluding carboxylic acids is 2. The molecule has 0 saturated carbocycles. The van der Waals surface area contributed by atoms with Crippen molar-refractivity contribution < 1.29 is 9.59 Å². The SMILES string of the molecule is Nc1nc(N)c(C(=O)/N=C2\NCC3(CCN(C(=O)c4cn(Cc5ccccc5)cn4)CC3)N2)nc1Cl. The zero-order valence-electron chi connectivity index (χ0n) is 19.3. The maximum absolute atomic E-state index is 13.0. The summed E-state index contributed by atoms with van der Waals surface area (Å²) < 4.78 is 1.90. The third kappa shape index (κ3) is 4.80. The van der Waals surface area contributed by atoms with Gasteiger partial charge in [0.25, 0.3) is 5.91 Å². The summed E-state index contributed by atoms with van der Waals surface area (Å²) in [6.07, 6.45) is 4.82. The average Bonchev–Trinajstić information content (AvgIpc) is 3.49. The van der Waals surface area contributed by atoms with Crippen molar-refractivity contribution in [1.29, 1.82) is 0 Å². The summed E-state index contributed by atoms with van der Waals surface area (Å²) in [5.41, 5.74) is 12.4. The summed E-state index contributed by atoms with van der Waals surface area (Å²) >= 11 is 5.86. The van der Waals surface area contributed by atoms with Crippen molar-refractivity contribution in [3.8, 4) is 0 Å². The predicted molar refractivity (Wildman–Crippen MR) is 134 cm³/mol. The van der Waals surface area contributed by atoms with Gasteiger partial charge >= 0.3 is 5.91 Å². The van der Waals surface area contributed by atoms with E-state index in [0.29, 0.717) is 50.7 Å². The van der Waals surface area contributed by atoms with E-state index in [9.17, 15) is 9.59 Å². The Morgan fingerprint density at radius 1 is 1.11 bits per heavy atom. The van der Waals surface area contributed by atoms with Crippen molar-refractivity contribution in [2.45, 2.75) is 24.9 Å². The highest BCUT2D eigenvalue weighted by Crippen LogP contribution is 2.26. The fourth-order valence-electron chi connectivity index (χ4n) is 4.37. The van der Waals surface area contributed by atoms with Gasteiger partial charge in [-0.25, -0.2) is 15.0 Å². The van der Waals surface area contributed by atoms with Crippen LogP contribution in [-0.2, 0) is 6.54 Å². The van der Waals surface area contributed by atoms with Crippen molar-refractivity contribution in [2.75, 3.05) is 31.1 Å². The first-order chi connectivity index (χ1) is 17.3. The number of amides is 2. The first kappa shape index (κ1) is 23.5. The van der Waals surface area contributed by atoms with Crippen LogP contribution in [0.2, 0.25) is 5.15 Å². The zero-order valence-corrected chi connectivity index (χ0v) is 20.1. The molecule has 0 aliphatic carbocycles. The molecule has 0 unspecified atom stereocenters. The van der Waals surface area contributed by atoms with Crippen LogP contribution in [0.15, 0.2) is 47.8 Å². The van der Waals surface area contributed by atoms with Crippen molar-refractivity contribution in [3.63, 3.8) is 0 Å². The fourth-order valence-corrected chi connectivity index (χ4v) is 4.49. The van der Waals surface area contributed by atoms with Gasteiger partial charge in [0.05, 0.1) is 11.9 Å². The Kier molecular flexibility index (Phi) is 6.18. The van der Waals surface area contributed by atoms with Crippen LogP contribution in [0.1, 0.15) is 39.4 Å². The van der Waals surface area contributed by atoms with E-state index < -0.39 is 5.91 Å². The number of aromatic nitrogens is 4. The van der Waals surface area contributed by atoms with E-state index in [0.717, 1.165) is 5.56 Å². The van der Waals surface area contributed by atoms with E-state index in [2.05, 4.69) is 30.6 Å². The van der Waals surface area contributed by atoms with E-state index >= 15 is 0 Å². The van der Waals surface area contributed by atoms with Crippen LogP contribution in [0.5, 0.6) is 0 Å². The van der Waals surface area contributed by atoms with E-state index in [1.54, 1.807) is 17.4 Å². The lowest BCUT2D eigenvalue weighted by Gasteiger charge is -2.38. The maximum atomic E-state index is 13.0. The number of nitrogens with two attached hydrogens (primary N) is 2. The van der Waals surface area contributed by atoms with Crippen molar-refractivity contribution in [3.05, 3.63) is 65.0 Å². The number of anilines is 2. The molecule has 13 heteroatoms. The lowest BCUT2D eigenvalue weighted by Crippen LogP contribution is -2.53. The Morgan fingerprint density at radius 3 is 2.61 bits per heavy atom. The number of likely N-dealkylation sites (tertiary alicyclic amines) is 1. The highest BCUT2D eigenvalue weighted by atomic mass is 35.5. The van der Waals surface area contributed by atoms with Gasteiger partial charge in [0.1, 0.15) is 5.69 Å². The standard InChI is InChI=1S/C23H25ClN10O2/c24-17-19(26)30-18(25)16(29-17)20(35)31-22-27-12-23(32-22)6-8-34(9-7-23)21(36)15-11-33(13-28-15)10-14-4-2-1-3-5-14/h1-5,11,13H,6-10,12H2,(H4,25,26,30)(H2,27,31,32,35). The van der Waals surface area contributed by atoms with Crippen LogP contribution in [-0.4, -0.2) is 67.4 Å². The molecule has 2 aliphatic heterocycles. The second-order valence-corrected chi connectivity index (χ2v) is 9.23. The number of rotatable bonds is 4. The molecule has 2 saturated heterocycles. The molecule has 0 atom stereocenters. The summed E-state index contributed by atoms with van der Waals surface area (Å²) in [6.45, 7) is 2.31. The van der Waals surface area contributed by atoms with Gasteiger partial charge in [-0.3, -0.25) is 9.59 Å². The highest BCUT2D eigenvalue weighted by Gasteiger charge is 2.41. The Hall–Kier alpha value is -4.19. The van der Waals surface area contributed by atoms with Gasteiger partial charge in [0.15, 0.2) is 28.4 Å². The Bertz CT molecular complexity index is 1330. The summed E-state index contributed by atoms with van der Waals surface area (Å²) in [7, 11) is 0. The van der Waals surface area contributed by atoms with Gasteiger partial charge in [-0.2, -0.15) is 4.99 Å². The van der Waals surface area contributed by atoms with Crippen molar-refractivity contribution in [2.24, 2.45) is 4.99 Å². The number of guanidine groups is 1. The van der Waals surface area contributed by atoms with E-state index in [1.807, 2.05) is 34.9 Å². The number of aliphatic imine (C=N–C) groups is 1. The molecule has 1 spiro atoms. The zero-order chi connectivity index (χ0) is 25.3. The first-order valence-electron chi connectivity index (χ1n) is 11.4. The van der Waals surface area contributed by atoms with Gasteiger partial charge in [0.2, 0.25) is 0 Å². The minimum absolute atomic E-state index is 0.0568. The molecule has 5 rings (SSSR count). The van der Waals surface area contributed by atoms with Gasteiger partial charge in [-0.15, -0.1) is 0 Å². The third-order valence-electron chi connectivity index (χ3n) is 6.37. The minimum Gasteiger partial charge on any atom is -0.382 e. The van der Waals surface area contributed by atoms with Gasteiger partial charge in [0, 0.05) is 32.4 Å². The van der Waals surface area contributed by atoms with Crippen LogP contribution in [0.4, 0.5) is 11.6 Å². The molecule has 12 nitrogen and oxygen atoms in total. The number of hydrogen-bond acceptors (Lipinski definition) is 7. The number of imidazole rings is 1. The summed E-state index contributed by atoms with van der Waals surface area (Å²) in [6, 6.07) is 10.0. The number of benzene rings is 1. The number of nitrogens with one attached hydrogen (secondary N) is 2. The number of piperidine rings is 1. The van der Waals surface area contributed by atoms with Crippen LogP contribution in [0, 0.1) is 0 Å². The molecule has 2 aliphatic rings. The minimum atomic E-state index is -0.687. The Morgan fingerprint density at radius 2 is 1.86 bits per heavy atom. The smallest absolute Gasteiger partial charge is 0.302 e. The fraction of sp³-hybridized carbons (Fsp3) is 0.304. The van der Waals surface area contributed by atoms with E-state index in [4.69, 9.17) is 23.1 Å². The van der Waals surface area contributed by atoms with Crippen LogP contribution >= 0.6 is 11.6 Å². The summed E-state index contributed by atoms with van der Waals surface area (Å²) in [5.74, 6) is -0.669. The molecule has 6 N–H and O–H groups in total. The highest BCUT2D eigenvalue weighted by molar-refractivity contribution is 6.31. The largest absolute Gasteiger partial charge is 0.382 e. The van der Waals surface area contributed by atoms with Crippen molar-refractivity contribution >= 4 is 41.0 Å². The summed E-state index contributed by atoms with van der Waals surface area (Å²) in [4.78, 5) is 43.4. The second kappa shape index (κ2) is 9.46. The molecule has 3 aromatic rings. The molecule has 2 amide bonds. The van der Waals surface area contributed by atoms with Crippen LogP contribution < -0.4 is 22.1 Å². The second-order valence-electron chi connectivity index (χ2n) is 8.87. The lowest BCUT2D eigenvalue weighted by atomic mass is 9.88. The lowest BCUT2D eigenvalue weighted by molar-refractivity contribution is 0.0663. The molecule has 2 aromatic heterocycles. The van der Waals surface area contributed by atoms with Crippen molar-refractivity contribution in [1.82, 2.24) is 35.1 Å². The van der Waals surface area contributed by atoms with E-state index in [1.165, 1.54) is 0 Å². The molecule has 0 radical (unpaired) electrons. The van der Waals surface area contributed by atoms with Gasteiger partial charge in [-0.1, -0.05) is 41.9 Å². The maximum Gasteiger partial charge on any atom is 0.302 e. The topological polar surface area (TPSA) is 169 Å². The molecule has 4 heterocycles. The summed E-state index contributed by atoms with van der Waals surface area (Å²) in [5, 5.41) is 6.30. The quantitative estimate of drug-likeness (QED) is 0.400. The van der Waals surface area contributed by atoms with Crippen LogP contribution in [0.3, 0.4) is 0 Å². The Labute approximate surface area is 211 Å². The Balaban J connectivity index is 1.18. The first-order valence-corrected chi connectivity index (χ1v) is 11.8. The van der Waals surface area contributed by atoms with Crippen LogP contribution in [0.25, 0.3) is 0 Å². The average molecular weight is 509 g/mol. The molecule has 0 bridgehead atoms. The predicted octanol–water partition coefficient (Wildman–Crippen LogP) is 0.903.